The highest BCUT2D eigenvalue weighted by Gasteiger charge is 2.28. The fourth-order valence-electron chi connectivity index (χ4n) is 2.58. The quantitative estimate of drug-likeness (QED) is 0.893. The molecule has 0 radical (unpaired) electrons. The number of H-pyrrole nitrogens is 1. The molecule has 6 nitrogen and oxygen atoms in total. The van der Waals surface area contributed by atoms with Crippen LogP contribution in [0.5, 0.6) is 0 Å². The molecular formula is C15H27N5O. The Bertz CT molecular complexity index is 480. The maximum Gasteiger partial charge on any atom is 0.291 e. The van der Waals surface area contributed by atoms with Crippen molar-refractivity contribution in [3.63, 3.8) is 0 Å². The number of nitrogens with zero attached hydrogens (tertiary/aromatic N) is 3. The predicted molar refractivity (Wildman–Crippen MR) is 82.3 cm³/mol. The summed E-state index contributed by atoms with van der Waals surface area (Å²) in [6, 6.07) is 0.220. The van der Waals surface area contributed by atoms with Crippen LogP contribution in [0.4, 0.5) is 0 Å². The molecule has 1 aromatic rings. The number of rotatable bonds is 3. The Kier molecular flexibility index (Phi) is 4.66. The molecule has 0 saturated carbocycles. The first-order valence-electron chi connectivity index (χ1n) is 7.75. The second kappa shape index (κ2) is 6.13. The van der Waals surface area contributed by atoms with Crippen LogP contribution in [0.1, 0.15) is 69.8 Å². The topological polar surface area (TPSA) is 73.9 Å². The summed E-state index contributed by atoms with van der Waals surface area (Å²) in [4.78, 5) is 18.9. The van der Waals surface area contributed by atoms with Crippen molar-refractivity contribution in [2.24, 2.45) is 0 Å². The predicted octanol–water partition coefficient (Wildman–Crippen LogP) is 1.92. The number of carbonyl (C=O) groups is 1. The van der Waals surface area contributed by atoms with Crippen molar-refractivity contribution in [3.05, 3.63) is 11.6 Å². The van der Waals surface area contributed by atoms with E-state index in [1.54, 1.807) is 0 Å². The minimum absolute atomic E-state index is 0.174. The van der Waals surface area contributed by atoms with Crippen LogP contribution in [0.25, 0.3) is 0 Å². The van der Waals surface area contributed by atoms with E-state index in [4.69, 9.17) is 0 Å². The molecule has 6 heteroatoms. The molecule has 0 spiro atoms. The van der Waals surface area contributed by atoms with E-state index in [1.807, 2.05) is 13.8 Å². The van der Waals surface area contributed by atoms with Crippen LogP contribution < -0.4 is 5.32 Å². The molecule has 1 aromatic heterocycles. The molecule has 0 atom stereocenters. The van der Waals surface area contributed by atoms with Gasteiger partial charge in [0.05, 0.1) is 0 Å². The lowest BCUT2D eigenvalue weighted by Crippen LogP contribution is -2.50. The van der Waals surface area contributed by atoms with Gasteiger partial charge in [0, 0.05) is 30.6 Å². The number of piperidine rings is 1. The molecule has 1 fully saturated rings. The van der Waals surface area contributed by atoms with Crippen molar-refractivity contribution in [1.82, 2.24) is 25.4 Å². The van der Waals surface area contributed by atoms with Gasteiger partial charge in [-0.2, -0.15) is 0 Å². The molecule has 2 N–H and O–H groups in total. The molecule has 1 saturated heterocycles. The Morgan fingerprint density at radius 1 is 1.33 bits per heavy atom. The molecule has 1 aliphatic rings. The monoisotopic (exact) mass is 293 g/mol. The highest BCUT2D eigenvalue weighted by Crippen LogP contribution is 2.20. The third kappa shape index (κ3) is 4.03. The van der Waals surface area contributed by atoms with Gasteiger partial charge >= 0.3 is 0 Å². The molecule has 0 aromatic carbocycles. The maximum atomic E-state index is 12.2. The van der Waals surface area contributed by atoms with Crippen molar-refractivity contribution in [2.75, 3.05) is 13.1 Å². The minimum atomic E-state index is -0.174. The van der Waals surface area contributed by atoms with E-state index in [2.05, 4.69) is 46.2 Å². The van der Waals surface area contributed by atoms with E-state index < -0.39 is 0 Å². The molecule has 2 heterocycles. The summed E-state index contributed by atoms with van der Waals surface area (Å²) in [7, 11) is 0. The third-order valence-corrected chi connectivity index (χ3v) is 4.03. The van der Waals surface area contributed by atoms with Gasteiger partial charge in [0.15, 0.2) is 0 Å². The van der Waals surface area contributed by atoms with Gasteiger partial charge in [-0.15, -0.1) is 5.10 Å². The van der Waals surface area contributed by atoms with Crippen molar-refractivity contribution < 1.29 is 4.79 Å². The standard InChI is InChI=1S/C15H27N5O/c1-10(2)12-17-13(19-18-12)14(21)16-11-6-8-20(9-7-11)15(3,4)5/h10-11H,6-9H2,1-5H3,(H,16,21)(H,17,18,19). The molecule has 0 unspecified atom stereocenters. The van der Waals surface area contributed by atoms with E-state index in [0.717, 1.165) is 31.8 Å². The van der Waals surface area contributed by atoms with Crippen LogP contribution >= 0.6 is 0 Å². The van der Waals surface area contributed by atoms with Gasteiger partial charge in [-0.25, -0.2) is 4.98 Å². The number of hydrogen-bond acceptors (Lipinski definition) is 4. The second-order valence-electron chi connectivity index (χ2n) is 7.10. The maximum absolute atomic E-state index is 12.2. The third-order valence-electron chi connectivity index (χ3n) is 4.03. The Balaban J connectivity index is 1.87. The van der Waals surface area contributed by atoms with E-state index in [0.29, 0.717) is 0 Å². The zero-order valence-electron chi connectivity index (χ0n) is 13.7. The summed E-state index contributed by atoms with van der Waals surface area (Å²) < 4.78 is 0. The molecule has 0 aliphatic carbocycles. The number of amides is 1. The first kappa shape index (κ1) is 15.9. The van der Waals surface area contributed by atoms with E-state index in [1.165, 1.54) is 0 Å². The van der Waals surface area contributed by atoms with Gasteiger partial charge in [-0.3, -0.25) is 14.8 Å². The lowest BCUT2D eigenvalue weighted by atomic mass is 9.98. The fourth-order valence-corrected chi connectivity index (χ4v) is 2.58. The van der Waals surface area contributed by atoms with Gasteiger partial charge in [0.1, 0.15) is 5.82 Å². The fraction of sp³-hybridized carbons (Fsp3) is 0.800. The minimum Gasteiger partial charge on any atom is -0.346 e. The average Bonchev–Trinajstić information content (AvgIpc) is 2.88. The highest BCUT2D eigenvalue weighted by atomic mass is 16.2. The van der Waals surface area contributed by atoms with Gasteiger partial charge in [-0.1, -0.05) is 13.8 Å². The Hall–Kier alpha value is -1.43. The smallest absolute Gasteiger partial charge is 0.291 e. The Morgan fingerprint density at radius 2 is 1.95 bits per heavy atom. The number of hydrogen-bond donors (Lipinski definition) is 2. The van der Waals surface area contributed by atoms with Crippen LogP contribution in [-0.2, 0) is 0 Å². The molecule has 1 amide bonds. The second-order valence-corrected chi connectivity index (χ2v) is 7.10. The Labute approximate surface area is 126 Å². The van der Waals surface area contributed by atoms with Crippen molar-refractivity contribution >= 4 is 5.91 Å². The van der Waals surface area contributed by atoms with Crippen LogP contribution in [0.3, 0.4) is 0 Å². The normalized spacial score (nSPS) is 18.2. The van der Waals surface area contributed by atoms with Crippen LogP contribution in [0, 0.1) is 0 Å². The van der Waals surface area contributed by atoms with E-state index in [9.17, 15) is 4.79 Å². The van der Waals surface area contributed by atoms with E-state index in [-0.39, 0.29) is 29.2 Å². The van der Waals surface area contributed by atoms with Gasteiger partial charge < -0.3 is 5.32 Å². The summed E-state index contributed by atoms with van der Waals surface area (Å²) in [5, 5.41) is 9.87. The lowest BCUT2D eigenvalue weighted by Gasteiger charge is -2.40. The van der Waals surface area contributed by atoms with Crippen molar-refractivity contribution in [3.8, 4) is 0 Å². The molecular weight excluding hydrogens is 266 g/mol. The SMILES string of the molecule is CC(C)c1nc(C(=O)NC2CCN(C(C)(C)C)CC2)n[nH]1. The van der Waals surface area contributed by atoms with Crippen molar-refractivity contribution in [2.45, 2.75) is 65.0 Å². The summed E-state index contributed by atoms with van der Waals surface area (Å²) >= 11 is 0. The van der Waals surface area contributed by atoms with Crippen LogP contribution in [0.15, 0.2) is 0 Å². The highest BCUT2D eigenvalue weighted by molar-refractivity contribution is 5.90. The molecule has 2 rings (SSSR count). The van der Waals surface area contributed by atoms with E-state index >= 15 is 0 Å². The molecule has 1 aliphatic heterocycles. The number of nitrogens with one attached hydrogen (secondary N) is 2. The summed E-state index contributed by atoms with van der Waals surface area (Å²) in [5.41, 5.74) is 0.199. The first-order chi connectivity index (χ1) is 9.77. The van der Waals surface area contributed by atoms with Crippen molar-refractivity contribution in [1.29, 1.82) is 0 Å². The summed E-state index contributed by atoms with van der Waals surface area (Å²) in [5.74, 6) is 1.07. The zero-order chi connectivity index (χ0) is 15.6. The molecule has 0 bridgehead atoms. The zero-order valence-corrected chi connectivity index (χ0v) is 13.7. The Morgan fingerprint density at radius 3 is 2.43 bits per heavy atom. The number of carbonyl (C=O) groups excluding carboxylic acids is 1. The van der Waals surface area contributed by atoms with Crippen LogP contribution in [-0.4, -0.2) is 50.7 Å². The van der Waals surface area contributed by atoms with Crippen LogP contribution in [0.2, 0.25) is 0 Å². The average molecular weight is 293 g/mol. The molecule has 21 heavy (non-hydrogen) atoms. The first-order valence-corrected chi connectivity index (χ1v) is 7.75. The van der Waals surface area contributed by atoms with Gasteiger partial charge in [0.2, 0.25) is 5.82 Å². The number of aromatic nitrogens is 3. The van der Waals surface area contributed by atoms with Gasteiger partial charge in [0.25, 0.3) is 5.91 Å². The summed E-state index contributed by atoms with van der Waals surface area (Å²) in [6.07, 6.45) is 1.95. The largest absolute Gasteiger partial charge is 0.346 e. The molecule has 118 valence electrons. The summed E-state index contributed by atoms with van der Waals surface area (Å²) in [6.45, 7) is 12.8. The number of aromatic amines is 1. The van der Waals surface area contributed by atoms with Gasteiger partial charge in [-0.05, 0) is 33.6 Å². The number of likely N-dealkylation sites (tertiary alicyclic amines) is 1. The lowest BCUT2D eigenvalue weighted by molar-refractivity contribution is 0.0805.